The van der Waals surface area contributed by atoms with Gasteiger partial charge in [-0.25, -0.2) is 0 Å². The van der Waals surface area contributed by atoms with Gasteiger partial charge in [0.25, 0.3) is 17.1 Å². The van der Waals surface area contributed by atoms with Crippen molar-refractivity contribution in [3.05, 3.63) is 114 Å². The molecule has 3 aromatic carbocycles. The van der Waals surface area contributed by atoms with E-state index in [2.05, 4.69) is 15.3 Å². The van der Waals surface area contributed by atoms with Gasteiger partial charge in [-0.3, -0.25) is 40.3 Å². The first kappa shape index (κ1) is 49.5. The number of unbranched alkanes of at least 4 members (excludes halogenated alkanes) is 2. The molecule has 1 aliphatic rings. The molecule has 3 heterocycles. The molecular weight excluding hydrogens is 820 g/mol. The molecule has 0 bridgehead atoms. The van der Waals surface area contributed by atoms with Gasteiger partial charge in [-0.2, -0.15) is 0 Å². The molecule has 20 nitrogen and oxygen atoms in total. The standard InChI is InChI=1S/C13H19N3O4.C13H15N3O4.C9H5ClN2O2.C5H12O2/c2*17-8-6-15(7-9-18)13-11(16(19)20)4-3-10-2-1-5-14-12(10)13;10-8-7(12(13)14)4-3-6-2-1-5-11-9(6)8;6-4-2-1-3-5-7/h3-4,14,17-18H,1-2,5-9H2;1-5,17-18H,6-9H2;1-5H;6-7H,1-5H2. The summed E-state index contributed by atoms with van der Waals surface area (Å²) in [5.41, 5.74) is 3.35. The lowest BCUT2D eigenvalue weighted by Crippen LogP contribution is -2.32. The van der Waals surface area contributed by atoms with Crippen molar-refractivity contribution in [2.75, 3.05) is 87.5 Å². The molecule has 0 fully saturated rings. The zero-order chi connectivity index (χ0) is 44.7. The molecule has 1 aliphatic heterocycles. The lowest BCUT2D eigenvalue weighted by molar-refractivity contribution is -0.384. The van der Waals surface area contributed by atoms with E-state index >= 15 is 0 Å². The molecule has 6 rings (SSSR count). The maximum atomic E-state index is 11.2. The molecule has 5 aromatic rings. The van der Waals surface area contributed by atoms with E-state index in [0.717, 1.165) is 60.7 Å². The lowest BCUT2D eigenvalue weighted by atomic mass is 10.0. The van der Waals surface area contributed by atoms with Gasteiger partial charge >= 0.3 is 0 Å². The fraction of sp³-hybridized carbons (Fsp3) is 0.400. The molecule has 0 saturated carbocycles. The maximum absolute atomic E-state index is 11.2. The van der Waals surface area contributed by atoms with Gasteiger partial charge in [0.1, 0.15) is 21.9 Å². The normalized spacial score (nSPS) is 11.4. The van der Waals surface area contributed by atoms with Gasteiger partial charge in [-0.1, -0.05) is 23.7 Å². The molecule has 61 heavy (non-hydrogen) atoms. The van der Waals surface area contributed by atoms with Crippen LogP contribution in [0.15, 0.2) is 73.1 Å². The predicted octanol–water partition coefficient (Wildman–Crippen LogP) is 4.62. The smallest absolute Gasteiger partial charge is 0.294 e. The van der Waals surface area contributed by atoms with Crippen molar-refractivity contribution >= 4 is 67.5 Å². The number of aryl methyl sites for hydroxylation is 1. The number of hydrogen-bond donors (Lipinski definition) is 7. The lowest BCUT2D eigenvalue weighted by Gasteiger charge is -2.29. The minimum absolute atomic E-state index is 0.0000463. The number of halogens is 1. The number of nitro benzene ring substituents is 3. The summed E-state index contributed by atoms with van der Waals surface area (Å²) in [4.78, 5) is 43.0. The number of aliphatic hydroxyl groups excluding tert-OH is 6. The quantitative estimate of drug-likeness (QED) is 0.0381. The second-order valence-corrected chi connectivity index (χ2v) is 13.5. The molecule has 0 amide bonds. The third-order valence-corrected chi connectivity index (χ3v) is 9.48. The summed E-state index contributed by atoms with van der Waals surface area (Å²) in [5, 5.41) is 90.8. The summed E-state index contributed by atoms with van der Waals surface area (Å²) < 4.78 is 0. The summed E-state index contributed by atoms with van der Waals surface area (Å²) in [6, 6.07) is 16.5. The molecule has 0 atom stereocenters. The van der Waals surface area contributed by atoms with Crippen molar-refractivity contribution in [1.29, 1.82) is 0 Å². The molecule has 0 radical (unpaired) electrons. The van der Waals surface area contributed by atoms with Crippen LogP contribution in [-0.4, -0.2) is 128 Å². The number of aliphatic hydroxyl groups is 6. The Morgan fingerprint density at radius 1 is 0.590 bits per heavy atom. The predicted molar refractivity (Wildman–Crippen MR) is 233 cm³/mol. The average Bonchev–Trinajstić information content (AvgIpc) is 3.26. The number of nitro groups is 3. The molecule has 7 N–H and O–H groups in total. The van der Waals surface area contributed by atoms with Gasteiger partial charge in [0.2, 0.25) is 0 Å². The number of hydrogen-bond acceptors (Lipinski definition) is 17. The molecule has 2 aromatic heterocycles. The van der Waals surface area contributed by atoms with Crippen LogP contribution in [0.3, 0.4) is 0 Å². The molecule has 0 spiro atoms. The summed E-state index contributed by atoms with van der Waals surface area (Å²) in [6.45, 7) is 1.57. The summed E-state index contributed by atoms with van der Waals surface area (Å²) >= 11 is 5.83. The number of pyridine rings is 2. The molecule has 21 heteroatoms. The summed E-state index contributed by atoms with van der Waals surface area (Å²) in [5.74, 6) is 0. The van der Waals surface area contributed by atoms with Crippen LogP contribution in [0.25, 0.3) is 21.8 Å². The Kier molecular flexibility index (Phi) is 21.4. The van der Waals surface area contributed by atoms with E-state index in [1.165, 1.54) is 18.2 Å². The van der Waals surface area contributed by atoms with E-state index in [9.17, 15) is 30.3 Å². The fourth-order valence-electron chi connectivity index (χ4n) is 6.36. The van der Waals surface area contributed by atoms with Gasteiger partial charge in [-0.15, -0.1) is 0 Å². The zero-order valence-electron chi connectivity index (χ0n) is 33.4. The van der Waals surface area contributed by atoms with Crippen molar-refractivity contribution in [2.24, 2.45) is 0 Å². The van der Waals surface area contributed by atoms with Crippen LogP contribution >= 0.6 is 11.6 Å². The van der Waals surface area contributed by atoms with Crippen LogP contribution in [0.2, 0.25) is 5.02 Å². The number of nitrogens with one attached hydrogen (secondary N) is 1. The largest absolute Gasteiger partial charge is 0.396 e. The van der Waals surface area contributed by atoms with Crippen LogP contribution in [0.5, 0.6) is 0 Å². The first-order chi connectivity index (χ1) is 29.5. The van der Waals surface area contributed by atoms with Gasteiger partial charge in [-0.05, 0) is 68.0 Å². The van der Waals surface area contributed by atoms with E-state index in [0.29, 0.717) is 22.4 Å². The minimum atomic E-state index is -0.517. The van der Waals surface area contributed by atoms with Crippen molar-refractivity contribution < 1.29 is 45.4 Å². The molecule has 0 unspecified atom stereocenters. The number of rotatable bonds is 17. The highest BCUT2D eigenvalue weighted by Gasteiger charge is 2.27. The Morgan fingerprint density at radius 3 is 1.56 bits per heavy atom. The Balaban J connectivity index is 0.000000229. The fourth-order valence-corrected chi connectivity index (χ4v) is 6.65. The van der Waals surface area contributed by atoms with Crippen molar-refractivity contribution in [1.82, 2.24) is 9.97 Å². The Bertz CT molecular complexity index is 2170. The van der Waals surface area contributed by atoms with Gasteiger partial charge in [0.15, 0.2) is 0 Å². The van der Waals surface area contributed by atoms with Crippen LogP contribution in [0, 0.1) is 30.3 Å². The second kappa shape index (κ2) is 26.4. The van der Waals surface area contributed by atoms with Gasteiger partial charge < -0.3 is 45.8 Å². The number of fused-ring (bicyclic) bond motifs is 3. The first-order valence-electron chi connectivity index (χ1n) is 19.4. The van der Waals surface area contributed by atoms with Crippen LogP contribution in [-0.2, 0) is 6.42 Å². The van der Waals surface area contributed by atoms with E-state index in [1.54, 1.807) is 58.6 Å². The first-order valence-corrected chi connectivity index (χ1v) is 19.8. The van der Waals surface area contributed by atoms with Crippen molar-refractivity contribution in [3.63, 3.8) is 0 Å². The Morgan fingerprint density at radius 2 is 1.05 bits per heavy atom. The van der Waals surface area contributed by atoms with E-state index in [-0.39, 0.29) is 87.9 Å². The second-order valence-electron chi connectivity index (χ2n) is 13.1. The SMILES string of the molecule is O=[N+]([O-])c1ccc2c(c1N(CCO)CCO)NCCC2.O=[N+]([O-])c1ccc2cccnc2c1Cl.O=[N+]([O-])c1ccc2cccnc2c1N(CCO)CCO.OCCCCCO. The number of anilines is 3. The third kappa shape index (κ3) is 14.1. The summed E-state index contributed by atoms with van der Waals surface area (Å²) in [7, 11) is 0. The van der Waals surface area contributed by atoms with Crippen LogP contribution in [0.4, 0.5) is 34.1 Å². The monoisotopic (exact) mass is 870 g/mol. The third-order valence-electron chi connectivity index (χ3n) is 9.11. The highest BCUT2D eigenvalue weighted by atomic mass is 35.5. The Labute approximate surface area is 355 Å². The van der Waals surface area contributed by atoms with E-state index in [1.807, 2.05) is 6.07 Å². The highest BCUT2D eigenvalue weighted by molar-refractivity contribution is 6.37. The number of aromatic nitrogens is 2. The minimum Gasteiger partial charge on any atom is -0.396 e. The van der Waals surface area contributed by atoms with Crippen molar-refractivity contribution in [2.45, 2.75) is 32.1 Å². The highest BCUT2D eigenvalue weighted by Crippen LogP contribution is 2.40. The Hall–Kier alpha value is -5.87. The average molecular weight is 871 g/mol. The van der Waals surface area contributed by atoms with Gasteiger partial charge in [0.05, 0.1) is 52.4 Å². The maximum Gasteiger partial charge on any atom is 0.294 e. The van der Waals surface area contributed by atoms with Crippen molar-refractivity contribution in [3.8, 4) is 0 Å². The molecule has 330 valence electrons. The van der Waals surface area contributed by atoms with E-state index < -0.39 is 14.8 Å². The molecular formula is C40H51ClN8O12. The number of nitrogens with zero attached hydrogens (tertiary/aromatic N) is 7. The molecule has 0 aliphatic carbocycles. The van der Waals surface area contributed by atoms with Crippen LogP contribution in [0.1, 0.15) is 31.2 Å². The number of benzene rings is 3. The van der Waals surface area contributed by atoms with E-state index in [4.69, 9.17) is 42.2 Å². The topological polar surface area (TPSA) is 295 Å². The van der Waals surface area contributed by atoms with Gasteiger partial charge in [0, 0.05) is 87.3 Å². The molecule has 0 saturated heterocycles. The zero-order valence-corrected chi connectivity index (χ0v) is 34.1. The van der Waals surface area contributed by atoms with Crippen LogP contribution < -0.4 is 15.1 Å². The summed E-state index contributed by atoms with van der Waals surface area (Å²) in [6.07, 6.45) is 7.56.